The summed E-state index contributed by atoms with van der Waals surface area (Å²) in [4.78, 5) is 26.5. The topological polar surface area (TPSA) is 80.3 Å². The van der Waals surface area contributed by atoms with Crippen molar-refractivity contribution in [1.82, 2.24) is 5.32 Å². The molecule has 2 saturated carbocycles. The van der Waals surface area contributed by atoms with E-state index in [1.54, 1.807) is 0 Å². The van der Waals surface area contributed by atoms with E-state index >= 15 is 0 Å². The predicted molar refractivity (Wildman–Crippen MR) is 125 cm³/mol. The van der Waals surface area contributed by atoms with Gasteiger partial charge in [0, 0.05) is 36.1 Å². The number of alkyl halides is 5. The van der Waals surface area contributed by atoms with Crippen LogP contribution in [-0.2, 0) is 20.8 Å². The van der Waals surface area contributed by atoms with Crippen LogP contribution in [0.5, 0.6) is 0 Å². The number of hydrogen-bond donors (Lipinski definition) is 1. The maximum atomic E-state index is 14.7. The van der Waals surface area contributed by atoms with Crippen LogP contribution >= 0.6 is 0 Å². The quantitative estimate of drug-likeness (QED) is 0.345. The minimum Gasteiger partial charge on any atom is -0.349 e. The van der Waals surface area contributed by atoms with Gasteiger partial charge in [-0.3, -0.25) is 9.59 Å². The van der Waals surface area contributed by atoms with Crippen LogP contribution in [0.1, 0.15) is 59.6 Å². The van der Waals surface area contributed by atoms with Gasteiger partial charge in [-0.2, -0.15) is 13.2 Å². The second-order valence-electron chi connectivity index (χ2n) is 10.0. The minimum atomic E-state index is -4.77. The van der Waals surface area contributed by atoms with Crippen molar-refractivity contribution in [2.24, 2.45) is 17.8 Å². The third-order valence-corrected chi connectivity index (χ3v) is 8.21. The van der Waals surface area contributed by atoms with E-state index < -0.39 is 75.7 Å². The van der Waals surface area contributed by atoms with E-state index in [1.165, 1.54) is 18.2 Å². The number of sulfone groups is 1. The fourth-order valence-electron chi connectivity index (χ4n) is 4.91. The molecule has 1 N–H and O–H groups in total. The van der Waals surface area contributed by atoms with E-state index in [2.05, 4.69) is 5.32 Å². The van der Waals surface area contributed by atoms with Crippen molar-refractivity contribution in [2.75, 3.05) is 6.26 Å². The number of ketones is 1. The van der Waals surface area contributed by atoms with Crippen LogP contribution in [0.25, 0.3) is 0 Å². The first-order chi connectivity index (χ1) is 17.6. The Morgan fingerprint density at radius 3 is 2.29 bits per heavy atom. The normalized spacial score (nSPS) is 22.5. The van der Waals surface area contributed by atoms with Crippen LogP contribution < -0.4 is 5.32 Å². The number of carbonyl (C=O) groups excluding carboxylic acids is 2. The molecule has 38 heavy (non-hydrogen) atoms. The second-order valence-corrected chi connectivity index (χ2v) is 12.0. The summed E-state index contributed by atoms with van der Waals surface area (Å²) in [6.45, 7) is 0. The number of hydrogen-bond acceptors (Lipinski definition) is 4. The Morgan fingerprint density at radius 2 is 1.71 bits per heavy atom. The van der Waals surface area contributed by atoms with Gasteiger partial charge in [-0.05, 0) is 49.4 Å². The van der Waals surface area contributed by atoms with Crippen LogP contribution in [0.2, 0.25) is 0 Å². The first-order valence-corrected chi connectivity index (χ1v) is 13.9. The SMILES string of the molecule is CS(=O)(=O)c1cccc(C(=O)C2CCC(F)(F)CC2C(=O)NC(c2ccc(C(F)(F)F)cc2F)C2CC2)c1. The minimum absolute atomic E-state index is 0.0477. The van der Waals surface area contributed by atoms with Crippen molar-refractivity contribution in [3.63, 3.8) is 0 Å². The van der Waals surface area contributed by atoms with Crippen molar-refractivity contribution >= 4 is 21.5 Å². The fourth-order valence-corrected chi connectivity index (χ4v) is 5.58. The number of rotatable bonds is 7. The first kappa shape index (κ1) is 28.1. The summed E-state index contributed by atoms with van der Waals surface area (Å²) in [6.07, 6.45) is -4.66. The van der Waals surface area contributed by atoms with Gasteiger partial charge in [-0.1, -0.05) is 18.2 Å². The van der Waals surface area contributed by atoms with Crippen LogP contribution in [-0.4, -0.2) is 32.3 Å². The average Bonchev–Trinajstić information content (AvgIpc) is 3.66. The molecule has 2 aliphatic rings. The Hall–Kier alpha value is -2.89. The zero-order valence-electron chi connectivity index (χ0n) is 20.2. The van der Waals surface area contributed by atoms with Crippen molar-refractivity contribution in [3.8, 4) is 0 Å². The Balaban J connectivity index is 1.62. The monoisotopic (exact) mass is 561 g/mol. The summed E-state index contributed by atoms with van der Waals surface area (Å²) >= 11 is 0. The molecule has 12 heteroatoms. The number of halogens is 6. The summed E-state index contributed by atoms with van der Waals surface area (Å²) in [7, 11) is -3.66. The van der Waals surface area contributed by atoms with E-state index in [1.807, 2.05) is 0 Å². The molecule has 3 unspecified atom stereocenters. The molecular formula is C26H25F6NO4S. The van der Waals surface area contributed by atoms with Gasteiger partial charge < -0.3 is 5.32 Å². The van der Waals surface area contributed by atoms with Crippen LogP contribution in [0.3, 0.4) is 0 Å². The predicted octanol–water partition coefficient (Wildman–Crippen LogP) is 5.75. The summed E-state index contributed by atoms with van der Waals surface area (Å²) in [5, 5.41) is 2.53. The van der Waals surface area contributed by atoms with E-state index in [4.69, 9.17) is 0 Å². The van der Waals surface area contributed by atoms with Crippen LogP contribution in [0.15, 0.2) is 47.4 Å². The first-order valence-electron chi connectivity index (χ1n) is 12.0. The molecule has 0 spiro atoms. The van der Waals surface area contributed by atoms with Crippen molar-refractivity contribution < 1.29 is 44.3 Å². The number of amides is 1. The maximum Gasteiger partial charge on any atom is 0.416 e. The highest BCUT2D eigenvalue weighted by Crippen LogP contribution is 2.45. The molecule has 2 fully saturated rings. The third-order valence-electron chi connectivity index (χ3n) is 7.10. The molecule has 1 amide bonds. The number of nitrogens with one attached hydrogen (secondary N) is 1. The largest absolute Gasteiger partial charge is 0.416 e. The van der Waals surface area contributed by atoms with Crippen molar-refractivity contribution in [1.29, 1.82) is 0 Å². The molecule has 4 rings (SSSR count). The zero-order chi connectivity index (χ0) is 28.0. The highest BCUT2D eigenvalue weighted by Gasteiger charge is 2.48. The van der Waals surface area contributed by atoms with E-state index in [0.717, 1.165) is 18.4 Å². The maximum absolute atomic E-state index is 14.7. The molecule has 2 aliphatic carbocycles. The molecule has 0 radical (unpaired) electrons. The summed E-state index contributed by atoms with van der Waals surface area (Å²) in [6, 6.07) is 5.98. The van der Waals surface area contributed by atoms with Gasteiger partial charge in [0.2, 0.25) is 11.8 Å². The Bertz CT molecular complexity index is 1350. The molecule has 0 heterocycles. The van der Waals surface area contributed by atoms with Crippen LogP contribution in [0, 0.1) is 23.6 Å². The number of benzene rings is 2. The lowest BCUT2D eigenvalue weighted by molar-refractivity contribution is -0.138. The molecular weight excluding hydrogens is 536 g/mol. The van der Waals surface area contributed by atoms with Crippen LogP contribution in [0.4, 0.5) is 26.3 Å². The second kappa shape index (κ2) is 10.0. The molecule has 3 atom stereocenters. The molecule has 0 bridgehead atoms. The lowest BCUT2D eigenvalue weighted by Crippen LogP contribution is -2.46. The van der Waals surface area contributed by atoms with Gasteiger partial charge in [0.15, 0.2) is 15.6 Å². The zero-order valence-corrected chi connectivity index (χ0v) is 21.0. The van der Waals surface area contributed by atoms with Gasteiger partial charge >= 0.3 is 6.18 Å². The van der Waals surface area contributed by atoms with E-state index in [-0.39, 0.29) is 28.4 Å². The molecule has 0 saturated heterocycles. The molecule has 206 valence electrons. The summed E-state index contributed by atoms with van der Waals surface area (Å²) in [5.74, 6) is -9.03. The Labute approximate surface area is 215 Å². The molecule has 0 aliphatic heterocycles. The lowest BCUT2D eigenvalue weighted by Gasteiger charge is -2.35. The molecule has 2 aromatic carbocycles. The fraction of sp³-hybridized carbons (Fsp3) is 0.462. The highest BCUT2D eigenvalue weighted by atomic mass is 32.2. The summed E-state index contributed by atoms with van der Waals surface area (Å²) < 4.78 is 106. The van der Waals surface area contributed by atoms with Crippen molar-refractivity contribution in [2.45, 2.75) is 55.1 Å². The Morgan fingerprint density at radius 1 is 1.03 bits per heavy atom. The lowest BCUT2D eigenvalue weighted by atomic mass is 9.73. The smallest absolute Gasteiger partial charge is 0.349 e. The number of carbonyl (C=O) groups is 2. The summed E-state index contributed by atoms with van der Waals surface area (Å²) in [5.41, 5.74) is -1.44. The molecule has 2 aromatic rings. The van der Waals surface area contributed by atoms with Crippen molar-refractivity contribution in [3.05, 3.63) is 65.0 Å². The third kappa shape index (κ3) is 6.22. The van der Waals surface area contributed by atoms with Gasteiger partial charge in [-0.15, -0.1) is 0 Å². The van der Waals surface area contributed by atoms with Gasteiger partial charge in [0.25, 0.3) is 0 Å². The van der Waals surface area contributed by atoms with Gasteiger partial charge in [-0.25, -0.2) is 21.6 Å². The van der Waals surface area contributed by atoms with Gasteiger partial charge in [0.1, 0.15) is 5.82 Å². The Kier molecular flexibility index (Phi) is 7.41. The van der Waals surface area contributed by atoms with E-state index in [9.17, 15) is 44.3 Å². The molecule has 5 nitrogen and oxygen atoms in total. The standard InChI is InChI=1S/C26H25F6NO4S/c1-38(36,37)17-4-2-3-15(11-17)23(34)18-9-10-25(28,29)13-20(18)24(35)33-22(14-5-6-14)19-8-7-16(12-21(19)27)26(30,31)32/h2-4,7-8,11-12,14,18,20,22H,5-6,9-10,13H2,1H3,(H,33,35). The van der Waals surface area contributed by atoms with Gasteiger partial charge in [0.05, 0.1) is 22.4 Å². The molecule has 0 aromatic heterocycles. The highest BCUT2D eigenvalue weighted by molar-refractivity contribution is 7.90. The average molecular weight is 562 g/mol. The van der Waals surface area contributed by atoms with E-state index in [0.29, 0.717) is 25.0 Å². The number of Topliss-reactive ketones (excluding diaryl/α,β-unsaturated/α-hetero) is 1.